The van der Waals surface area contributed by atoms with Gasteiger partial charge in [-0.15, -0.1) is 0 Å². The van der Waals surface area contributed by atoms with Crippen LogP contribution in [0.3, 0.4) is 0 Å². The van der Waals surface area contributed by atoms with Crippen molar-refractivity contribution in [2.45, 2.75) is 46.6 Å². The van der Waals surface area contributed by atoms with E-state index in [-0.39, 0.29) is 11.8 Å². The summed E-state index contributed by atoms with van der Waals surface area (Å²) in [6.07, 6.45) is 2.93. The predicted molar refractivity (Wildman–Crippen MR) is 129 cm³/mol. The maximum absolute atomic E-state index is 13.0. The Balaban J connectivity index is 1.30. The zero-order valence-corrected chi connectivity index (χ0v) is 20.1. The average Bonchev–Trinajstić information content (AvgIpc) is 3.19. The van der Waals surface area contributed by atoms with Gasteiger partial charge in [-0.25, -0.2) is 0 Å². The van der Waals surface area contributed by atoms with Gasteiger partial charge in [-0.2, -0.15) is 0 Å². The van der Waals surface area contributed by atoms with Gasteiger partial charge in [0.25, 0.3) is 11.8 Å². The van der Waals surface area contributed by atoms with E-state index in [0.29, 0.717) is 17.7 Å². The normalized spacial score (nSPS) is 16.9. The number of carbonyl (C=O) groups excluding carboxylic acids is 2. The molecule has 0 radical (unpaired) electrons. The molecule has 0 saturated carbocycles. The summed E-state index contributed by atoms with van der Waals surface area (Å²) in [6.45, 7) is 12.2. The Labute approximate surface area is 195 Å². The Bertz CT molecular complexity index is 968. The van der Waals surface area contributed by atoms with Crippen molar-refractivity contribution in [3.05, 3.63) is 51.8 Å². The number of carbonyl (C=O) groups is 2. The van der Waals surface area contributed by atoms with Crippen LogP contribution in [-0.4, -0.2) is 65.4 Å². The first-order valence-electron chi connectivity index (χ1n) is 11.7. The number of halogens is 1. The van der Waals surface area contributed by atoms with Crippen molar-refractivity contribution in [1.82, 2.24) is 14.4 Å². The molecule has 1 fully saturated rings. The van der Waals surface area contributed by atoms with Crippen molar-refractivity contribution < 1.29 is 9.59 Å². The van der Waals surface area contributed by atoms with Crippen molar-refractivity contribution >= 4 is 29.1 Å². The second-order valence-electron chi connectivity index (χ2n) is 8.85. The molecular weight excluding hydrogens is 424 g/mol. The van der Waals surface area contributed by atoms with Crippen LogP contribution in [0.4, 0.5) is 5.69 Å². The third kappa shape index (κ3) is 4.30. The van der Waals surface area contributed by atoms with Gasteiger partial charge >= 0.3 is 0 Å². The highest BCUT2D eigenvalue weighted by Gasteiger charge is 2.40. The van der Waals surface area contributed by atoms with Crippen LogP contribution in [0.25, 0.3) is 0 Å². The number of benzene rings is 1. The standard InChI is InChI=1S/C25H33ClN4O2/c1-4-5-11-29-18(2)22-23(19(29)3)25(32)30(24(22)31)12-7-10-27-13-15-28(16-14-27)21-9-6-8-20(26)17-21/h6,8-9,17H,4-5,7,10-16H2,1-3H3. The highest BCUT2D eigenvalue weighted by atomic mass is 35.5. The lowest BCUT2D eigenvalue weighted by molar-refractivity contribution is 0.0644. The second-order valence-corrected chi connectivity index (χ2v) is 9.29. The van der Waals surface area contributed by atoms with Crippen LogP contribution in [0, 0.1) is 13.8 Å². The molecule has 4 rings (SSSR count). The largest absolute Gasteiger partial charge is 0.369 e. The van der Waals surface area contributed by atoms with Gasteiger partial charge in [-0.1, -0.05) is 31.0 Å². The van der Waals surface area contributed by atoms with Crippen LogP contribution < -0.4 is 4.90 Å². The number of imide groups is 1. The average molecular weight is 457 g/mol. The highest BCUT2D eigenvalue weighted by Crippen LogP contribution is 2.31. The molecule has 3 heterocycles. The number of anilines is 1. The number of fused-ring (bicyclic) bond motifs is 1. The lowest BCUT2D eigenvalue weighted by Gasteiger charge is -2.36. The number of unbranched alkanes of at least 4 members (excludes halogenated alkanes) is 1. The van der Waals surface area contributed by atoms with E-state index in [1.807, 2.05) is 32.0 Å². The highest BCUT2D eigenvalue weighted by molar-refractivity contribution is 6.30. The fourth-order valence-electron chi connectivity index (χ4n) is 4.98. The number of hydrogen-bond donors (Lipinski definition) is 0. The lowest BCUT2D eigenvalue weighted by atomic mass is 10.1. The third-order valence-corrected chi connectivity index (χ3v) is 7.07. The molecule has 6 nitrogen and oxygen atoms in total. The summed E-state index contributed by atoms with van der Waals surface area (Å²) in [5.41, 5.74) is 4.28. The minimum absolute atomic E-state index is 0.119. The van der Waals surface area contributed by atoms with E-state index in [1.165, 1.54) is 4.90 Å². The van der Waals surface area contributed by atoms with E-state index in [9.17, 15) is 9.59 Å². The van der Waals surface area contributed by atoms with E-state index in [4.69, 9.17) is 11.6 Å². The van der Waals surface area contributed by atoms with Crippen LogP contribution in [0.15, 0.2) is 24.3 Å². The van der Waals surface area contributed by atoms with Crippen molar-refractivity contribution in [3.8, 4) is 0 Å². The van der Waals surface area contributed by atoms with E-state index in [0.717, 1.165) is 80.6 Å². The summed E-state index contributed by atoms with van der Waals surface area (Å²) >= 11 is 6.12. The molecule has 0 aliphatic carbocycles. The molecule has 2 aliphatic heterocycles. The summed E-state index contributed by atoms with van der Waals surface area (Å²) < 4.78 is 2.14. The van der Waals surface area contributed by atoms with Crippen LogP contribution in [0.2, 0.25) is 5.02 Å². The Kier molecular flexibility index (Phi) is 6.91. The molecule has 0 bridgehead atoms. The SMILES string of the molecule is CCCCn1c(C)c2c(c1C)C(=O)N(CCCN1CCN(c3cccc(Cl)c3)CC1)C2=O. The fourth-order valence-corrected chi connectivity index (χ4v) is 5.16. The molecule has 2 aliphatic rings. The zero-order valence-electron chi connectivity index (χ0n) is 19.4. The Morgan fingerprint density at radius 1 is 0.875 bits per heavy atom. The molecule has 0 N–H and O–H groups in total. The van der Waals surface area contributed by atoms with Gasteiger partial charge in [-0.3, -0.25) is 19.4 Å². The monoisotopic (exact) mass is 456 g/mol. The fraction of sp³-hybridized carbons (Fsp3) is 0.520. The molecule has 2 amide bonds. The molecule has 172 valence electrons. The Hall–Kier alpha value is -2.31. The van der Waals surface area contributed by atoms with Gasteiger partial charge in [0.05, 0.1) is 11.1 Å². The molecule has 0 spiro atoms. The number of aromatic nitrogens is 1. The van der Waals surface area contributed by atoms with E-state index >= 15 is 0 Å². The van der Waals surface area contributed by atoms with Crippen molar-refractivity contribution in [2.75, 3.05) is 44.2 Å². The molecule has 32 heavy (non-hydrogen) atoms. The minimum atomic E-state index is -0.119. The van der Waals surface area contributed by atoms with Crippen LogP contribution in [-0.2, 0) is 6.54 Å². The number of amides is 2. The van der Waals surface area contributed by atoms with Gasteiger partial charge in [-0.05, 0) is 51.4 Å². The summed E-state index contributed by atoms with van der Waals surface area (Å²) in [6, 6.07) is 7.99. The van der Waals surface area contributed by atoms with Crippen LogP contribution in [0.5, 0.6) is 0 Å². The van der Waals surface area contributed by atoms with Crippen molar-refractivity contribution in [3.63, 3.8) is 0 Å². The molecule has 0 unspecified atom stereocenters. The predicted octanol–water partition coefficient (Wildman–Crippen LogP) is 4.37. The second kappa shape index (κ2) is 9.67. The summed E-state index contributed by atoms with van der Waals surface area (Å²) in [7, 11) is 0. The van der Waals surface area contributed by atoms with Gasteiger partial charge in [0.2, 0.25) is 0 Å². The molecule has 1 aromatic heterocycles. The van der Waals surface area contributed by atoms with E-state index < -0.39 is 0 Å². The Morgan fingerprint density at radius 2 is 1.53 bits per heavy atom. The molecule has 2 aromatic rings. The van der Waals surface area contributed by atoms with Gasteiger partial charge in [0.15, 0.2) is 0 Å². The summed E-state index contributed by atoms with van der Waals surface area (Å²) in [4.78, 5) is 32.3. The number of rotatable bonds is 8. The lowest BCUT2D eigenvalue weighted by Crippen LogP contribution is -2.47. The van der Waals surface area contributed by atoms with E-state index in [2.05, 4.69) is 27.4 Å². The molecule has 0 atom stereocenters. The zero-order chi connectivity index (χ0) is 22.8. The van der Waals surface area contributed by atoms with Crippen LogP contribution in [0.1, 0.15) is 58.3 Å². The summed E-state index contributed by atoms with van der Waals surface area (Å²) in [5.74, 6) is -0.238. The van der Waals surface area contributed by atoms with Crippen LogP contribution >= 0.6 is 11.6 Å². The smallest absolute Gasteiger partial charge is 0.263 e. The maximum atomic E-state index is 13.0. The molecular formula is C25H33ClN4O2. The number of piperazine rings is 1. The third-order valence-electron chi connectivity index (χ3n) is 6.84. The van der Waals surface area contributed by atoms with Gasteiger partial charge in [0, 0.05) is 61.4 Å². The molecule has 1 saturated heterocycles. The number of hydrogen-bond acceptors (Lipinski definition) is 4. The van der Waals surface area contributed by atoms with Gasteiger partial charge in [0.1, 0.15) is 0 Å². The first-order chi connectivity index (χ1) is 15.4. The maximum Gasteiger partial charge on any atom is 0.263 e. The molecule has 7 heteroatoms. The first-order valence-corrected chi connectivity index (χ1v) is 12.1. The number of nitrogens with zero attached hydrogens (tertiary/aromatic N) is 4. The van der Waals surface area contributed by atoms with Crippen molar-refractivity contribution in [2.24, 2.45) is 0 Å². The topological polar surface area (TPSA) is 48.8 Å². The Morgan fingerprint density at radius 3 is 2.12 bits per heavy atom. The molecule has 1 aromatic carbocycles. The van der Waals surface area contributed by atoms with E-state index in [1.54, 1.807) is 0 Å². The van der Waals surface area contributed by atoms with Crippen molar-refractivity contribution in [1.29, 1.82) is 0 Å². The quantitative estimate of drug-likeness (QED) is 0.553. The minimum Gasteiger partial charge on any atom is -0.369 e. The summed E-state index contributed by atoms with van der Waals surface area (Å²) in [5, 5.41) is 0.763. The first kappa shape index (κ1) is 22.9. The van der Waals surface area contributed by atoms with Gasteiger partial charge < -0.3 is 9.47 Å².